The van der Waals surface area contributed by atoms with Crippen LogP contribution in [0.15, 0.2) is 11.3 Å². The highest BCUT2D eigenvalue weighted by Crippen LogP contribution is 2.18. The van der Waals surface area contributed by atoms with E-state index in [1.54, 1.807) is 6.20 Å². The van der Waals surface area contributed by atoms with Gasteiger partial charge in [0.1, 0.15) is 5.65 Å². The maximum absolute atomic E-state index is 5.06. The molecule has 1 aliphatic carbocycles. The summed E-state index contributed by atoms with van der Waals surface area (Å²) in [6.45, 7) is 0. The lowest BCUT2D eigenvalue weighted by Gasteiger charge is -2.12. The van der Waals surface area contributed by atoms with E-state index in [1.165, 1.54) is 25.0 Å². The van der Waals surface area contributed by atoms with Gasteiger partial charge in [0.15, 0.2) is 10.6 Å². The number of hydrogen-bond donors (Lipinski definition) is 3. The fourth-order valence-electron chi connectivity index (χ4n) is 2.15. The summed E-state index contributed by atoms with van der Waals surface area (Å²) in [5.41, 5.74) is 4.99. The van der Waals surface area contributed by atoms with Crippen molar-refractivity contribution >= 4 is 34.8 Å². The molecule has 0 saturated heterocycles. The van der Waals surface area contributed by atoms with Crippen LogP contribution in [0.1, 0.15) is 32.1 Å². The van der Waals surface area contributed by atoms with Crippen molar-refractivity contribution < 1.29 is 0 Å². The molecule has 3 rings (SSSR count). The lowest BCUT2D eigenvalue weighted by Crippen LogP contribution is -2.07. The molecule has 1 aliphatic rings. The van der Waals surface area contributed by atoms with Crippen molar-refractivity contribution in [3.05, 3.63) is 11.0 Å². The van der Waals surface area contributed by atoms with Gasteiger partial charge in [0.25, 0.3) is 0 Å². The molecule has 0 spiro atoms. The first-order valence-corrected chi connectivity index (χ1v) is 6.48. The second-order valence-electron chi connectivity index (χ2n) is 4.40. The van der Waals surface area contributed by atoms with E-state index in [0.717, 1.165) is 23.9 Å². The van der Waals surface area contributed by atoms with Gasteiger partial charge >= 0.3 is 0 Å². The van der Waals surface area contributed by atoms with E-state index in [0.29, 0.717) is 10.6 Å². The van der Waals surface area contributed by atoms with Gasteiger partial charge in [-0.15, -0.1) is 0 Å². The van der Waals surface area contributed by atoms with Crippen molar-refractivity contribution in [2.24, 2.45) is 5.10 Å². The van der Waals surface area contributed by atoms with Crippen molar-refractivity contribution in [2.75, 3.05) is 5.43 Å². The maximum Gasteiger partial charge on any atom is 0.200 e. The third kappa shape index (κ3) is 2.26. The molecule has 0 aromatic carbocycles. The second-order valence-corrected chi connectivity index (χ2v) is 4.79. The Morgan fingerprint density at radius 2 is 2.11 bits per heavy atom. The van der Waals surface area contributed by atoms with Crippen LogP contribution in [-0.2, 0) is 0 Å². The Hall–Kier alpha value is -1.76. The van der Waals surface area contributed by atoms with Gasteiger partial charge in [-0.05, 0) is 37.9 Å². The van der Waals surface area contributed by atoms with Gasteiger partial charge in [-0.2, -0.15) is 10.2 Å². The first-order chi connectivity index (χ1) is 8.83. The van der Waals surface area contributed by atoms with Gasteiger partial charge in [0.05, 0.1) is 11.6 Å². The van der Waals surface area contributed by atoms with Gasteiger partial charge in [0, 0.05) is 5.71 Å². The summed E-state index contributed by atoms with van der Waals surface area (Å²) in [4.78, 5) is 7.18. The zero-order chi connectivity index (χ0) is 12.4. The highest BCUT2D eigenvalue weighted by Gasteiger charge is 2.08. The van der Waals surface area contributed by atoms with E-state index < -0.39 is 0 Å². The van der Waals surface area contributed by atoms with Crippen molar-refractivity contribution in [3.63, 3.8) is 0 Å². The molecule has 2 heterocycles. The smallest absolute Gasteiger partial charge is 0.200 e. The lowest BCUT2D eigenvalue weighted by atomic mass is 9.99. The molecule has 1 fully saturated rings. The fourth-order valence-corrected chi connectivity index (χ4v) is 2.34. The number of rotatable bonds is 2. The zero-order valence-electron chi connectivity index (χ0n) is 9.86. The minimum absolute atomic E-state index is 0.415. The highest BCUT2D eigenvalue weighted by atomic mass is 32.1. The molecule has 2 aromatic rings. The summed E-state index contributed by atoms with van der Waals surface area (Å²) in [6, 6.07) is 0. The third-order valence-corrected chi connectivity index (χ3v) is 3.28. The van der Waals surface area contributed by atoms with Gasteiger partial charge < -0.3 is 4.98 Å². The molecule has 6 nitrogen and oxygen atoms in total. The van der Waals surface area contributed by atoms with E-state index in [-0.39, 0.29) is 0 Å². The molecule has 94 valence electrons. The molecule has 0 aliphatic heterocycles. The van der Waals surface area contributed by atoms with E-state index in [1.807, 2.05) is 0 Å². The van der Waals surface area contributed by atoms with Crippen LogP contribution < -0.4 is 5.43 Å². The summed E-state index contributed by atoms with van der Waals surface area (Å²) < 4.78 is 0.415. The van der Waals surface area contributed by atoms with E-state index >= 15 is 0 Å². The normalized spacial score (nSPS) is 15.9. The van der Waals surface area contributed by atoms with Crippen molar-refractivity contribution in [1.82, 2.24) is 20.2 Å². The summed E-state index contributed by atoms with van der Waals surface area (Å²) >= 11 is 5.06. The van der Waals surface area contributed by atoms with Crippen LogP contribution in [0.4, 0.5) is 5.82 Å². The molecule has 0 radical (unpaired) electrons. The monoisotopic (exact) mass is 262 g/mol. The summed E-state index contributed by atoms with van der Waals surface area (Å²) in [7, 11) is 0. The first-order valence-electron chi connectivity index (χ1n) is 6.08. The largest absolute Gasteiger partial charge is 0.315 e. The first kappa shape index (κ1) is 11.3. The molecule has 0 atom stereocenters. The maximum atomic E-state index is 5.06. The number of aromatic amines is 2. The third-order valence-electron chi connectivity index (χ3n) is 3.09. The predicted molar refractivity (Wildman–Crippen MR) is 73.2 cm³/mol. The van der Waals surface area contributed by atoms with Crippen LogP contribution in [0.2, 0.25) is 0 Å². The molecule has 18 heavy (non-hydrogen) atoms. The second kappa shape index (κ2) is 4.85. The molecule has 1 saturated carbocycles. The molecule has 3 N–H and O–H groups in total. The fraction of sp³-hybridized carbons (Fsp3) is 0.455. The number of hydrogen-bond acceptors (Lipinski definition) is 5. The minimum atomic E-state index is 0.415. The average Bonchev–Trinajstić information content (AvgIpc) is 2.85. The van der Waals surface area contributed by atoms with Gasteiger partial charge in [0.2, 0.25) is 0 Å². The Kier molecular flexibility index (Phi) is 3.06. The summed E-state index contributed by atoms with van der Waals surface area (Å²) in [5, 5.41) is 12.1. The Balaban J connectivity index is 1.89. The van der Waals surface area contributed by atoms with Crippen LogP contribution in [0.25, 0.3) is 11.0 Å². The van der Waals surface area contributed by atoms with Gasteiger partial charge in [-0.3, -0.25) is 10.5 Å². The summed E-state index contributed by atoms with van der Waals surface area (Å²) in [5.74, 6) is 0.653. The minimum Gasteiger partial charge on any atom is -0.315 e. The molecular formula is C11H14N6S. The van der Waals surface area contributed by atoms with E-state index in [4.69, 9.17) is 12.2 Å². The molecule has 0 amide bonds. The molecule has 7 heteroatoms. The van der Waals surface area contributed by atoms with Crippen molar-refractivity contribution in [2.45, 2.75) is 32.1 Å². The Morgan fingerprint density at radius 1 is 1.28 bits per heavy atom. The van der Waals surface area contributed by atoms with Crippen molar-refractivity contribution in [1.29, 1.82) is 0 Å². The van der Waals surface area contributed by atoms with E-state index in [9.17, 15) is 0 Å². The van der Waals surface area contributed by atoms with Crippen LogP contribution in [-0.4, -0.2) is 25.9 Å². The number of fused-ring (bicyclic) bond motifs is 1. The quantitative estimate of drug-likeness (QED) is 0.574. The van der Waals surface area contributed by atoms with Crippen LogP contribution in [0.3, 0.4) is 0 Å². The zero-order valence-corrected chi connectivity index (χ0v) is 10.7. The number of nitrogens with one attached hydrogen (secondary N) is 3. The molecule has 2 aromatic heterocycles. The van der Waals surface area contributed by atoms with Crippen LogP contribution in [0.5, 0.6) is 0 Å². The Morgan fingerprint density at radius 3 is 2.94 bits per heavy atom. The average molecular weight is 262 g/mol. The topological polar surface area (TPSA) is 81.8 Å². The SMILES string of the molecule is S=c1nc(NN=C2CCCCC2)c2cn[nH]c2[nH]1. The number of hydrazone groups is 1. The van der Waals surface area contributed by atoms with Gasteiger partial charge in [-0.25, -0.2) is 4.98 Å². The summed E-state index contributed by atoms with van der Waals surface area (Å²) in [6.07, 6.45) is 7.60. The standard InChI is InChI=1S/C11H14N6S/c18-11-13-9-8(6-12-16-9)10(14-11)17-15-7-4-2-1-3-5-7/h6H,1-5H2,(H3,12,13,14,16,17,18). The Labute approximate surface area is 109 Å². The molecule has 0 unspecified atom stereocenters. The van der Waals surface area contributed by atoms with Crippen molar-refractivity contribution in [3.8, 4) is 0 Å². The highest BCUT2D eigenvalue weighted by molar-refractivity contribution is 7.71. The lowest BCUT2D eigenvalue weighted by molar-refractivity contribution is 0.665. The number of H-pyrrole nitrogens is 2. The predicted octanol–water partition coefficient (Wildman–Crippen LogP) is 2.75. The van der Waals surface area contributed by atoms with Crippen LogP contribution in [0, 0.1) is 4.77 Å². The van der Waals surface area contributed by atoms with Gasteiger partial charge in [-0.1, -0.05) is 6.42 Å². The number of aromatic nitrogens is 4. The molecular weight excluding hydrogens is 248 g/mol. The molecule has 0 bridgehead atoms. The number of anilines is 1. The Bertz CT molecular complexity index is 632. The van der Waals surface area contributed by atoms with Crippen LogP contribution >= 0.6 is 12.2 Å². The number of nitrogens with zero attached hydrogens (tertiary/aromatic N) is 3. The van der Waals surface area contributed by atoms with E-state index in [2.05, 4.69) is 30.7 Å².